The molecule has 3 aromatic carbocycles. The van der Waals surface area contributed by atoms with Crippen LogP contribution in [0.5, 0.6) is 0 Å². The normalized spacial score (nSPS) is 17.2. The molecule has 12 heteroatoms. The molecule has 0 aliphatic carbocycles. The van der Waals surface area contributed by atoms with E-state index in [1.54, 1.807) is 48.7 Å². The third-order valence-corrected chi connectivity index (χ3v) is 7.69. The van der Waals surface area contributed by atoms with Gasteiger partial charge < -0.3 is 15.5 Å². The number of nitrogens with zero attached hydrogens (tertiary/aromatic N) is 4. The maximum absolute atomic E-state index is 14.8. The molecule has 1 amide bonds. The lowest BCUT2D eigenvalue weighted by atomic mass is 9.95. The first-order valence-corrected chi connectivity index (χ1v) is 14.5. The van der Waals surface area contributed by atoms with Crippen LogP contribution in [0.2, 0.25) is 5.02 Å². The fourth-order valence-electron chi connectivity index (χ4n) is 5.56. The summed E-state index contributed by atoms with van der Waals surface area (Å²) in [6.07, 6.45) is 1.61. The topological polar surface area (TPSA) is 118 Å². The second-order valence-corrected chi connectivity index (χ2v) is 11.3. The third-order valence-electron chi connectivity index (χ3n) is 7.45. The van der Waals surface area contributed by atoms with E-state index in [0.717, 1.165) is 0 Å². The van der Waals surface area contributed by atoms with Gasteiger partial charge in [-0.1, -0.05) is 37.2 Å². The van der Waals surface area contributed by atoms with Gasteiger partial charge in [-0.15, -0.1) is 0 Å². The predicted molar refractivity (Wildman–Crippen MR) is 173 cm³/mol. The second-order valence-electron chi connectivity index (χ2n) is 10.9. The number of halogens is 3. The fraction of sp³-hybridized carbons (Fsp3) is 0.242. The molecule has 1 fully saturated rings. The first kappa shape index (κ1) is 31.7. The Balaban J connectivity index is 0.00000400. The Labute approximate surface area is 265 Å². The van der Waals surface area contributed by atoms with Crippen molar-refractivity contribution in [3.05, 3.63) is 106 Å². The van der Waals surface area contributed by atoms with Crippen molar-refractivity contribution in [2.24, 2.45) is 4.99 Å². The van der Waals surface area contributed by atoms with E-state index >= 15 is 0 Å². The standard InChI is InChI=1S/C32H29ClF2N8O.CH4/c1-17-15-43(16-18(2)39-17)31(36)42-30(44)19-5-3-6-22(11-19)40-32-38-14-20-13-37-29(27-25(34)7-4-8-26(27)35)24-12-21(33)9-10-23(24)28(20)41-32;/h3-12,14,17-18,39H,13,15-16H2,1-2H3,(H2,36,42,44)(H,38,40,41);1H4. The van der Waals surface area contributed by atoms with Crippen molar-refractivity contribution in [1.29, 1.82) is 5.41 Å². The number of benzene rings is 3. The maximum atomic E-state index is 14.8. The minimum absolute atomic E-state index is 0. The fourth-order valence-corrected chi connectivity index (χ4v) is 5.73. The molecule has 2 atom stereocenters. The molecule has 0 saturated carbocycles. The number of amides is 1. The highest BCUT2D eigenvalue weighted by atomic mass is 35.5. The summed E-state index contributed by atoms with van der Waals surface area (Å²) in [7, 11) is 0. The average Bonchev–Trinajstić information content (AvgIpc) is 3.13. The van der Waals surface area contributed by atoms with Crippen LogP contribution in [0.25, 0.3) is 11.3 Å². The first-order chi connectivity index (χ1) is 21.2. The Kier molecular flexibility index (Phi) is 9.21. The van der Waals surface area contributed by atoms with Crippen molar-refractivity contribution in [1.82, 2.24) is 25.5 Å². The molecule has 1 aromatic heterocycles. The summed E-state index contributed by atoms with van der Waals surface area (Å²) in [5.41, 5.74) is 3.05. The van der Waals surface area contributed by atoms with Gasteiger partial charge in [0.15, 0.2) is 5.96 Å². The van der Waals surface area contributed by atoms with Gasteiger partial charge in [-0.2, -0.15) is 0 Å². The molecule has 0 bridgehead atoms. The lowest BCUT2D eigenvalue weighted by Crippen LogP contribution is -2.58. The molecule has 45 heavy (non-hydrogen) atoms. The summed E-state index contributed by atoms with van der Waals surface area (Å²) >= 11 is 6.32. The third kappa shape index (κ3) is 6.69. The minimum Gasteiger partial charge on any atom is -0.340 e. The number of rotatable bonds is 4. The van der Waals surface area contributed by atoms with Crippen LogP contribution in [0.3, 0.4) is 0 Å². The molecule has 0 radical (unpaired) electrons. The number of nitrogens with one attached hydrogen (secondary N) is 4. The molecular weight excluding hydrogens is 598 g/mol. The Hall–Kier alpha value is -4.74. The lowest BCUT2D eigenvalue weighted by Gasteiger charge is -2.37. The molecule has 2 aliphatic rings. The van der Waals surface area contributed by atoms with Gasteiger partial charge in [-0.25, -0.2) is 18.7 Å². The van der Waals surface area contributed by atoms with Gasteiger partial charge in [0, 0.05) is 64.3 Å². The predicted octanol–water partition coefficient (Wildman–Crippen LogP) is 6.15. The SMILES string of the molecule is C.CC1CN(C(=N)NC(=O)c2cccc(Nc3ncc4c(n3)-c3ccc(Cl)cc3C(c3c(F)cccc3F)=NC4)c2)CC(C)N1. The van der Waals surface area contributed by atoms with Gasteiger partial charge >= 0.3 is 0 Å². The molecule has 1 saturated heterocycles. The summed E-state index contributed by atoms with van der Waals surface area (Å²) in [5, 5.41) is 18.0. The van der Waals surface area contributed by atoms with Gasteiger partial charge in [-0.05, 0) is 56.3 Å². The Bertz CT molecular complexity index is 1780. The van der Waals surface area contributed by atoms with Crippen molar-refractivity contribution < 1.29 is 13.6 Å². The average molecular weight is 631 g/mol. The van der Waals surface area contributed by atoms with Crippen molar-refractivity contribution in [3.8, 4) is 11.3 Å². The number of fused-ring (bicyclic) bond motifs is 3. The maximum Gasteiger partial charge on any atom is 0.258 e. The molecule has 4 aromatic rings. The number of carbonyl (C=O) groups is 1. The zero-order chi connectivity index (χ0) is 31.0. The van der Waals surface area contributed by atoms with Crippen LogP contribution < -0.4 is 16.0 Å². The molecule has 0 spiro atoms. The highest BCUT2D eigenvalue weighted by Gasteiger charge is 2.26. The van der Waals surface area contributed by atoms with E-state index in [-0.39, 0.29) is 49.2 Å². The largest absolute Gasteiger partial charge is 0.340 e. The number of aromatic nitrogens is 2. The number of aliphatic imine (C=N–C) groups is 1. The zero-order valence-corrected chi connectivity index (χ0v) is 24.7. The van der Waals surface area contributed by atoms with E-state index in [1.165, 1.54) is 18.2 Å². The minimum atomic E-state index is -0.731. The van der Waals surface area contributed by atoms with Crippen molar-refractivity contribution in [2.75, 3.05) is 18.4 Å². The highest BCUT2D eigenvalue weighted by Crippen LogP contribution is 2.34. The molecular formula is C33H33ClF2N8O. The van der Waals surface area contributed by atoms with Crippen LogP contribution in [0.15, 0.2) is 71.9 Å². The molecule has 232 valence electrons. The summed E-state index contributed by atoms with van der Waals surface area (Å²) in [6, 6.07) is 15.9. The van der Waals surface area contributed by atoms with E-state index < -0.39 is 17.5 Å². The van der Waals surface area contributed by atoms with E-state index in [1.807, 2.05) is 18.7 Å². The summed E-state index contributed by atoms with van der Waals surface area (Å²) < 4.78 is 29.7. The van der Waals surface area contributed by atoms with Gasteiger partial charge in [0.1, 0.15) is 11.6 Å². The monoisotopic (exact) mass is 630 g/mol. The van der Waals surface area contributed by atoms with Gasteiger partial charge in [0.25, 0.3) is 5.91 Å². The van der Waals surface area contributed by atoms with Crippen molar-refractivity contribution in [3.63, 3.8) is 0 Å². The van der Waals surface area contributed by atoms with Gasteiger partial charge in [-0.3, -0.25) is 20.5 Å². The van der Waals surface area contributed by atoms with Crippen LogP contribution in [-0.4, -0.2) is 57.6 Å². The number of hydrogen-bond donors (Lipinski definition) is 4. The van der Waals surface area contributed by atoms with E-state index in [4.69, 9.17) is 22.0 Å². The number of hydrogen-bond acceptors (Lipinski definition) is 7. The zero-order valence-electron chi connectivity index (χ0n) is 24.0. The molecule has 9 nitrogen and oxygen atoms in total. The number of piperazine rings is 1. The Morgan fingerprint density at radius 3 is 2.47 bits per heavy atom. The second kappa shape index (κ2) is 13.1. The van der Waals surface area contributed by atoms with Crippen LogP contribution in [0.1, 0.15) is 48.3 Å². The van der Waals surface area contributed by atoms with Crippen LogP contribution in [0, 0.1) is 17.0 Å². The quantitative estimate of drug-likeness (QED) is 0.159. The van der Waals surface area contributed by atoms with Crippen LogP contribution in [0.4, 0.5) is 20.4 Å². The van der Waals surface area contributed by atoms with E-state index in [2.05, 4.69) is 25.9 Å². The summed E-state index contributed by atoms with van der Waals surface area (Å²) in [6.45, 7) is 5.42. The Morgan fingerprint density at radius 2 is 1.73 bits per heavy atom. The van der Waals surface area contributed by atoms with E-state index in [0.29, 0.717) is 51.7 Å². The smallest absolute Gasteiger partial charge is 0.258 e. The summed E-state index contributed by atoms with van der Waals surface area (Å²) in [5.74, 6) is -1.57. The molecule has 3 heterocycles. The molecule has 2 unspecified atom stereocenters. The first-order valence-electron chi connectivity index (χ1n) is 14.1. The van der Waals surface area contributed by atoms with Crippen LogP contribution in [-0.2, 0) is 6.54 Å². The number of anilines is 2. The molecule has 2 aliphatic heterocycles. The van der Waals surface area contributed by atoms with E-state index in [9.17, 15) is 13.6 Å². The summed E-state index contributed by atoms with van der Waals surface area (Å²) in [4.78, 5) is 28.6. The highest BCUT2D eigenvalue weighted by molar-refractivity contribution is 6.31. The number of carbonyl (C=O) groups excluding carboxylic acids is 1. The number of guanidine groups is 1. The Morgan fingerprint density at radius 1 is 1.02 bits per heavy atom. The van der Waals surface area contributed by atoms with Crippen molar-refractivity contribution in [2.45, 2.75) is 39.9 Å². The van der Waals surface area contributed by atoms with Crippen molar-refractivity contribution >= 4 is 40.8 Å². The van der Waals surface area contributed by atoms with Gasteiger partial charge in [0.2, 0.25) is 5.95 Å². The van der Waals surface area contributed by atoms with Crippen LogP contribution >= 0.6 is 11.6 Å². The molecule has 6 rings (SSSR count). The molecule has 4 N–H and O–H groups in total. The van der Waals surface area contributed by atoms with Gasteiger partial charge in [0.05, 0.1) is 23.5 Å². The lowest BCUT2D eigenvalue weighted by molar-refractivity contribution is 0.0969.